The smallest absolute Gasteiger partial charge is 0.325 e. The zero-order valence-corrected chi connectivity index (χ0v) is 18.0. The minimum absolute atomic E-state index is 0.387. The van der Waals surface area contributed by atoms with Crippen molar-refractivity contribution in [3.8, 4) is 23.0 Å². The van der Waals surface area contributed by atoms with E-state index in [-0.39, 0.29) is 0 Å². The van der Waals surface area contributed by atoms with Gasteiger partial charge in [-0.1, -0.05) is 12.1 Å². The predicted molar refractivity (Wildman–Crippen MR) is 119 cm³/mol. The maximum atomic E-state index is 11.5. The molecule has 20 heteroatoms. The van der Waals surface area contributed by atoms with Crippen LogP contribution in [0.4, 0.5) is 34.1 Å². The molecule has 0 amide bonds. The van der Waals surface area contributed by atoms with Crippen LogP contribution < -0.4 is 9.47 Å². The van der Waals surface area contributed by atoms with E-state index in [9.17, 15) is 60.7 Å². The molecule has 0 fully saturated rings. The van der Waals surface area contributed by atoms with Gasteiger partial charge in [0, 0.05) is 0 Å². The number of hydrogen-bond donors (Lipinski definition) is 0. The van der Waals surface area contributed by atoms with E-state index in [1.165, 1.54) is 12.1 Å². The Morgan fingerprint density at radius 3 is 0.921 bits per heavy atom. The molecular formula is C18H8N6O14. The number of nitrogens with zero attached hydrogens (tertiary/aromatic N) is 6. The van der Waals surface area contributed by atoms with Gasteiger partial charge in [0.25, 0.3) is 22.9 Å². The molecule has 0 aliphatic carbocycles. The van der Waals surface area contributed by atoms with E-state index >= 15 is 0 Å². The molecule has 3 aromatic rings. The summed E-state index contributed by atoms with van der Waals surface area (Å²) in [5.74, 6) is -3.38. The maximum absolute atomic E-state index is 11.5. The molecule has 194 valence electrons. The Morgan fingerprint density at radius 2 is 0.711 bits per heavy atom. The normalized spacial score (nSPS) is 10.3. The van der Waals surface area contributed by atoms with Gasteiger partial charge in [-0.05, 0) is 12.1 Å². The molecule has 3 rings (SSSR count). The monoisotopic (exact) mass is 532 g/mol. The molecule has 0 radical (unpaired) electrons. The maximum Gasteiger partial charge on any atom is 0.325 e. The molecule has 20 nitrogen and oxygen atoms in total. The first-order valence-electron chi connectivity index (χ1n) is 9.49. The van der Waals surface area contributed by atoms with E-state index < -0.39 is 86.7 Å². The van der Waals surface area contributed by atoms with Gasteiger partial charge >= 0.3 is 22.7 Å². The summed E-state index contributed by atoms with van der Waals surface area (Å²) in [4.78, 5) is 61.1. The largest absolute Gasteiger partial charge is 0.440 e. The third-order valence-electron chi connectivity index (χ3n) is 4.55. The van der Waals surface area contributed by atoms with E-state index in [2.05, 4.69) is 0 Å². The van der Waals surface area contributed by atoms with Gasteiger partial charge in [-0.2, -0.15) is 0 Å². The average molecular weight is 532 g/mol. The second kappa shape index (κ2) is 10.1. The number of rotatable bonds is 10. The van der Waals surface area contributed by atoms with Crippen LogP contribution in [0.15, 0.2) is 48.5 Å². The first kappa shape index (κ1) is 26.3. The van der Waals surface area contributed by atoms with E-state index in [0.717, 1.165) is 12.1 Å². The van der Waals surface area contributed by atoms with Gasteiger partial charge in [-0.15, -0.1) is 0 Å². The lowest BCUT2D eigenvalue weighted by atomic mass is 10.2. The van der Waals surface area contributed by atoms with Gasteiger partial charge in [0.1, 0.15) is 0 Å². The first-order valence-corrected chi connectivity index (χ1v) is 9.49. The van der Waals surface area contributed by atoms with E-state index in [1.807, 2.05) is 0 Å². The van der Waals surface area contributed by atoms with Crippen molar-refractivity contribution >= 4 is 34.1 Å². The van der Waals surface area contributed by atoms with Crippen LogP contribution in [0.2, 0.25) is 0 Å². The van der Waals surface area contributed by atoms with Crippen LogP contribution >= 0.6 is 0 Å². The van der Waals surface area contributed by atoms with Crippen molar-refractivity contribution in [2.45, 2.75) is 0 Å². The third-order valence-corrected chi connectivity index (χ3v) is 4.55. The highest BCUT2D eigenvalue weighted by atomic mass is 16.7. The summed E-state index contributed by atoms with van der Waals surface area (Å²) < 4.78 is 10.6. The standard InChI is InChI=1S/C18H8N6O14/c25-19(26)9-5-11(21(29)30)17(12(6-9)22(31)32)37-15-3-1-2-4-16(15)38-18-13(23(33)34)7-10(20(27)28)8-14(18)24(35)36/h1-8H. The third kappa shape index (κ3) is 5.17. The number of nitro groups is 6. The van der Waals surface area contributed by atoms with Crippen LogP contribution in [0.5, 0.6) is 23.0 Å². The molecule has 38 heavy (non-hydrogen) atoms. The second-order valence-electron chi connectivity index (χ2n) is 6.82. The molecule has 0 saturated carbocycles. The number of non-ortho nitro benzene ring substituents is 2. The molecule has 0 N–H and O–H groups in total. The second-order valence-corrected chi connectivity index (χ2v) is 6.82. The highest BCUT2D eigenvalue weighted by Gasteiger charge is 2.35. The lowest BCUT2D eigenvalue weighted by Gasteiger charge is -2.12. The SMILES string of the molecule is O=[N+]([O-])c1cc([N+](=O)[O-])c(Oc2ccccc2Oc2c([N+](=O)[O-])cc([N+](=O)[O-])cc2[N+](=O)[O-])c([N+](=O)[O-])c1. The van der Waals surface area contributed by atoms with Crippen LogP contribution in [0.3, 0.4) is 0 Å². The van der Waals surface area contributed by atoms with Crippen molar-refractivity contribution in [1.82, 2.24) is 0 Å². The minimum Gasteiger partial charge on any atom is -0.440 e. The van der Waals surface area contributed by atoms with Crippen molar-refractivity contribution in [3.05, 3.63) is 109 Å². The summed E-state index contributed by atoms with van der Waals surface area (Å²) in [5.41, 5.74) is -6.81. The van der Waals surface area contributed by atoms with Gasteiger partial charge in [0.2, 0.25) is 0 Å². The zero-order chi connectivity index (χ0) is 28.3. The lowest BCUT2D eigenvalue weighted by molar-refractivity contribution is -0.404. The molecule has 0 aliphatic heterocycles. The summed E-state index contributed by atoms with van der Waals surface area (Å²) in [6.07, 6.45) is 0. The molecule has 0 spiro atoms. The summed E-state index contributed by atoms with van der Waals surface area (Å²) >= 11 is 0. The van der Waals surface area contributed by atoms with Crippen molar-refractivity contribution < 1.29 is 39.0 Å². The zero-order valence-electron chi connectivity index (χ0n) is 18.0. The molecule has 0 saturated heterocycles. The highest BCUT2D eigenvalue weighted by molar-refractivity contribution is 5.69. The Kier molecular flexibility index (Phi) is 6.99. The predicted octanol–water partition coefficient (Wildman–Crippen LogP) is 4.72. The molecule has 0 unspecified atom stereocenters. The van der Waals surface area contributed by atoms with Crippen LogP contribution in [-0.4, -0.2) is 29.5 Å². The Hall–Kier alpha value is -6.34. The number of hydrogen-bond acceptors (Lipinski definition) is 14. The van der Waals surface area contributed by atoms with E-state index in [0.29, 0.717) is 24.3 Å². The Balaban J connectivity index is 2.22. The van der Waals surface area contributed by atoms with E-state index in [1.54, 1.807) is 0 Å². The summed E-state index contributed by atoms with van der Waals surface area (Å²) in [6, 6.07) is 6.01. The molecular weight excluding hydrogens is 524 g/mol. The lowest BCUT2D eigenvalue weighted by Crippen LogP contribution is -2.03. The van der Waals surface area contributed by atoms with Crippen LogP contribution in [-0.2, 0) is 0 Å². The van der Waals surface area contributed by atoms with Gasteiger partial charge in [0.15, 0.2) is 11.5 Å². The van der Waals surface area contributed by atoms with Gasteiger partial charge < -0.3 is 9.47 Å². The molecule has 0 bridgehead atoms. The summed E-state index contributed by atoms with van der Waals surface area (Å²) in [7, 11) is 0. The quantitative estimate of drug-likeness (QED) is 0.252. The van der Waals surface area contributed by atoms with E-state index in [4.69, 9.17) is 9.47 Å². The minimum atomic E-state index is -1.20. The highest BCUT2D eigenvalue weighted by Crippen LogP contribution is 2.48. The fourth-order valence-electron chi connectivity index (χ4n) is 2.97. The van der Waals surface area contributed by atoms with Crippen molar-refractivity contribution in [2.24, 2.45) is 0 Å². The molecule has 0 atom stereocenters. The molecule has 0 aromatic heterocycles. The van der Waals surface area contributed by atoms with Gasteiger partial charge in [-0.3, -0.25) is 60.7 Å². The van der Waals surface area contributed by atoms with Crippen molar-refractivity contribution in [2.75, 3.05) is 0 Å². The Bertz CT molecular complexity index is 1370. The van der Waals surface area contributed by atoms with Gasteiger partial charge in [-0.25, -0.2) is 0 Å². The van der Waals surface area contributed by atoms with Crippen molar-refractivity contribution in [3.63, 3.8) is 0 Å². The fourth-order valence-corrected chi connectivity index (χ4v) is 2.97. The topological polar surface area (TPSA) is 277 Å². The molecule has 3 aromatic carbocycles. The first-order chi connectivity index (χ1) is 17.8. The molecule has 0 aliphatic rings. The Morgan fingerprint density at radius 1 is 0.447 bits per heavy atom. The van der Waals surface area contributed by atoms with Crippen LogP contribution in [0, 0.1) is 60.7 Å². The summed E-state index contributed by atoms with van der Waals surface area (Å²) in [5, 5.41) is 68.2. The number of benzene rings is 3. The Labute approximate surface area is 206 Å². The fraction of sp³-hybridized carbons (Fsp3) is 0. The van der Waals surface area contributed by atoms with Gasteiger partial charge in [0.05, 0.1) is 53.8 Å². The number of nitro benzene ring substituents is 6. The summed E-state index contributed by atoms with van der Waals surface area (Å²) in [6.45, 7) is 0. The van der Waals surface area contributed by atoms with Crippen molar-refractivity contribution in [1.29, 1.82) is 0 Å². The van der Waals surface area contributed by atoms with Crippen LogP contribution in [0.25, 0.3) is 0 Å². The molecule has 0 heterocycles. The number of para-hydroxylation sites is 2. The number of ether oxygens (including phenoxy) is 2. The average Bonchev–Trinajstić information content (AvgIpc) is 2.84. The van der Waals surface area contributed by atoms with Crippen LogP contribution in [0.1, 0.15) is 0 Å².